The minimum absolute atomic E-state index is 0.0168. The highest BCUT2D eigenvalue weighted by Crippen LogP contribution is 2.18. The maximum absolute atomic E-state index is 11.8. The van der Waals surface area contributed by atoms with Crippen LogP contribution in [0.25, 0.3) is 0 Å². The number of rotatable bonds is 5. The van der Waals surface area contributed by atoms with Gasteiger partial charge in [0, 0.05) is 5.02 Å². The van der Waals surface area contributed by atoms with E-state index in [0.29, 0.717) is 5.02 Å². The highest BCUT2D eigenvalue weighted by Gasteiger charge is 2.15. The van der Waals surface area contributed by atoms with Gasteiger partial charge in [0.15, 0.2) is 6.61 Å². The lowest BCUT2D eigenvalue weighted by Gasteiger charge is -2.14. The molecule has 1 atom stereocenters. The van der Waals surface area contributed by atoms with Gasteiger partial charge in [0.05, 0.1) is 6.04 Å². The minimum Gasteiger partial charge on any atom is -0.507 e. The van der Waals surface area contributed by atoms with Crippen molar-refractivity contribution in [3.05, 3.63) is 64.7 Å². The average Bonchev–Trinajstić information content (AvgIpc) is 2.53. The van der Waals surface area contributed by atoms with Crippen molar-refractivity contribution < 1.29 is 19.4 Å². The smallest absolute Gasteiger partial charge is 0.342 e. The van der Waals surface area contributed by atoms with E-state index in [1.807, 2.05) is 6.07 Å². The molecular weight excluding hydrogens is 318 g/mol. The van der Waals surface area contributed by atoms with E-state index in [1.54, 1.807) is 37.3 Å². The van der Waals surface area contributed by atoms with Gasteiger partial charge < -0.3 is 15.2 Å². The molecule has 0 aliphatic heterocycles. The third kappa shape index (κ3) is 4.72. The molecule has 1 amide bonds. The summed E-state index contributed by atoms with van der Waals surface area (Å²) in [5.74, 6) is -1.39. The minimum atomic E-state index is -0.756. The summed E-state index contributed by atoms with van der Waals surface area (Å²) >= 11 is 5.91. The zero-order chi connectivity index (χ0) is 16.8. The number of nitrogens with one attached hydrogen (secondary N) is 1. The predicted molar refractivity (Wildman–Crippen MR) is 86.4 cm³/mol. The molecule has 0 saturated heterocycles. The van der Waals surface area contributed by atoms with E-state index in [4.69, 9.17) is 16.3 Å². The van der Waals surface area contributed by atoms with Crippen LogP contribution >= 0.6 is 11.6 Å². The van der Waals surface area contributed by atoms with Gasteiger partial charge in [-0.25, -0.2) is 4.79 Å². The van der Waals surface area contributed by atoms with E-state index in [2.05, 4.69) is 5.32 Å². The van der Waals surface area contributed by atoms with Crippen molar-refractivity contribution in [2.75, 3.05) is 6.61 Å². The Morgan fingerprint density at radius 2 is 1.96 bits per heavy atom. The van der Waals surface area contributed by atoms with Crippen molar-refractivity contribution in [2.45, 2.75) is 13.0 Å². The number of phenols is 1. The van der Waals surface area contributed by atoms with Crippen molar-refractivity contribution in [1.82, 2.24) is 5.32 Å². The first-order valence-corrected chi connectivity index (χ1v) is 7.35. The third-order valence-electron chi connectivity index (χ3n) is 3.18. The fourth-order valence-electron chi connectivity index (χ4n) is 2.00. The van der Waals surface area contributed by atoms with E-state index < -0.39 is 18.5 Å². The average molecular weight is 334 g/mol. The molecule has 2 rings (SSSR count). The lowest BCUT2D eigenvalue weighted by atomic mass is 10.1. The molecule has 0 spiro atoms. The Labute approximate surface area is 138 Å². The molecule has 6 heteroatoms. The first kappa shape index (κ1) is 16.8. The fraction of sp³-hybridized carbons (Fsp3) is 0.176. The molecule has 23 heavy (non-hydrogen) atoms. The molecule has 0 aromatic heterocycles. The van der Waals surface area contributed by atoms with Crippen LogP contribution in [0.15, 0.2) is 48.5 Å². The standard InChI is InChI=1S/C17H16ClNO4/c1-11(12-5-4-6-13(18)9-12)19-16(21)10-23-17(22)14-7-2-3-8-15(14)20/h2-9,11,20H,10H2,1H3,(H,19,21)/t11-/m0/s1. The molecule has 0 radical (unpaired) electrons. The first-order valence-electron chi connectivity index (χ1n) is 6.97. The van der Waals surface area contributed by atoms with Crippen LogP contribution in [0.1, 0.15) is 28.9 Å². The lowest BCUT2D eigenvalue weighted by Crippen LogP contribution is -2.31. The molecule has 0 aliphatic carbocycles. The number of hydrogen-bond donors (Lipinski definition) is 2. The van der Waals surface area contributed by atoms with Crippen LogP contribution in [0.5, 0.6) is 5.75 Å². The number of aromatic hydroxyl groups is 1. The van der Waals surface area contributed by atoms with Gasteiger partial charge in [-0.3, -0.25) is 4.79 Å². The Morgan fingerprint density at radius 1 is 1.22 bits per heavy atom. The zero-order valence-electron chi connectivity index (χ0n) is 12.5. The molecule has 0 fully saturated rings. The summed E-state index contributed by atoms with van der Waals surface area (Å²) in [6.45, 7) is 1.37. The van der Waals surface area contributed by atoms with Gasteiger partial charge in [0.1, 0.15) is 11.3 Å². The normalized spacial score (nSPS) is 11.6. The van der Waals surface area contributed by atoms with E-state index >= 15 is 0 Å². The SMILES string of the molecule is C[C@H](NC(=O)COC(=O)c1ccccc1O)c1cccc(Cl)c1. The Balaban J connectivity index is 1.88. The summed E-state index contributed by atoms with van der Waals surface area (Å²) in [4.78, 5) is 23.6. The topological polar surface area (TPSA) is 75.6 Å². The second kappa shape index (κ2) is 7.65. The molecule has 5 nitrogen and oxygen atoms in total. The van der Waals surface area contributed by atoms with E-state index in [1.165, 1.54) is 12.1 Å². The molecule has 0 bridgehead atoms. The summed E-state index contributed by atoms with van der Waals surface area (Å²) in [7, 11) is 0. The molecule has 2 N–H and O–H groups in total. The van der Waals surface area contributed by atoms with Gasteiger partial charge in [-0.1, -0.05) is 35.9 Å². The maximum atomic E-state index is 11.8. The van der Waals surface area contributed by atoms with Crippen LogP contribution in [0.3, 0.4) is 0 Å². The fourth-order valence-corrected chi connectivity index (χ4v) is 2.20. The van der Waals surface area contributed by atoms with E-state index in [-0.39, 0.29) is 17.4 Å². The summed E-state index contributed by atoms with van der Waals surface area (Å²) < 4.78 is 4.89. The highest BCUT2D eigenvalue weighted by molar-refractivity contribution is 6.30. The third-order valence-corrected chi connectivity index (χ3v) is 3.42. The Bertz CT molecular complexity index is 717. The van der Waals surface area contributed by atoms with Crippen LogP contribution < -0.4 is 5.32 Å². The van der Waals surface area contributed by atoms with E-state index in [9.17, 15) is 14.7 Å². The number of amides is 1. The van der Waals surface area contributed by atoms with Gasteiger partial charge in [-0.05, 0) is 36.8 Å². The monoisotopic (exact) mass is 333 g/mol. The molecule has 2 aromatic rings. The number of para-hydroxylation sites is 1. The van der Waals surface area contributed by atoms with Crippen molar-refractivity contribution in [3.63, 3.8) is 0 Å². The number of hydrogen-bond acceptors (Lipinski definition) is 4. The number of halogens is 1. The van der Waals surface area contributed by atoms with Crippen molar-refractivity contribution in [3.8, 4) is 5.75 Å². The highest BCUT2D eigenvalue weighted by atomic mass is 35.5. The summed E-state index contributed by atoms with van der Waals surface area (Å²) in [6.07, 6.45) is 0. The van der Waals surface area contributed by atoms with Gasteiger partial charge in [-0.15, -0.1) is 0 Å². The molecule has 120 valence electrons. The van der Waals surface area contributed by atoms with Crippen molar-refractivity contribution in [2.24, 2.45) is 0 Å². The van der Waals surface area contributed by atoms with Crippen LogP contribution in [0.2, 0.25) is 5.02 Å². The van der Waals surface area contributed by atoms with Crippen molar-refractivity contribution in [1.29, 1.82) is 0 Å². The van der Waals surface area contributed by atoms with Crippen LogP contribution in [-0.4, -0.2) is 23.6 Å². The molecule has 0 unspecified atom stereocenters. The van der Waals surface area contributed by atoms with Crippen LogP contribution in [0, 0.1) is 0 Å². The Hall–Kier alpha value is -2.53. The maximum Gasteiger partial charge on any atom is 0.342 e. The molecular formula is C17H16ClNO4. The first-order chi connectivity index (χ1) is 11.0. The largest absolute Gasteiger partial charge is 0.507 e. The zero-order valence-corrected chi connectivity index (χ0v) is 13.2. The number of benzene rings is 2. The van der Waals surface area contributed by atoms with E-state index in [0.717, 1.165) is 5.56 Å². The van der Waals surface area contributed by atoms with Gasteiger partial charge in [0.2, 0.25) is 0 Å². The number of carbonyl (C=O) groups is 2. The van der Waals surface area contributed by atoms with Crippen LogP contribution in [-0.2, 0) is 9.53 Å². The summed E-state index contributed by atoms with van der Waals surface area (Å²) in [6, 6.07) is 12.8. The summed E-state index contributed by atoms with van der Waals surface area (Å²) in [5, 5.41) is 12.8. The molecule has 0 saturated carbocycles. The van der Waals surface area contributed by atoms with Gasteiger partial charge in [-0.2, -0.15) is 0 Å². The van der Waals surface area contributed by atoms with Gasteiger partial charge in [0.25, 0.3) is 5.91 Å². The Morgan fingerprint density at radius 3 is 2.65 bits per heavy atom. The number of phenolic OH excluding ortho intramolecular Hbond substituents is 1. The van der Waals surface area contributed by atoms with Crippen molar-refractivity contribution >= 4 is 23.5 Å². The second-order valence-electron chi connectivity index (χ2n) is 4.94. The molecule has 2 aromatic carbocycles. The van der Waals surface area contributed by atoms with Gasteiger partial charge >= 0.3 is 5.97 Å². The molecule has 0 aliphatic rings. The quantitative estimate of drug-likeness (QED) is 0.824. The lowest BCUT2D eigenvalue weighted by molar-refractivity contribution is -0.124. The predicted octanol–water partition coefficient (Wildman–Crippen LogP) is 3.08. The number of carbonyl (C=O) groups excluding carboxylic acids is 2. The van der Waals surface area contributed by atoms with Crippen LogP contribution in [0.4, 0.5) is 0 Å². The number of ether oxygens (including phenoxy) is 1. The summed E-state index contributed by atoms with van der Waals surface area (Å²) in [5.41, 5.74) is 0.862. The molecule has 0 heterocycles. The Kier molecular flexibility index (Phi) is 5.60. The number of esters is 1. The second-order valence-corrected chi connectivity index (χ2v) is 5.37.